The van der Waals surface area contributed by atoms with Gasteiger partial charge in [0.05, 0.1) is 21.7 Å². The molecule has 39 heavy (non-hydrogen) atoms. The van der Waals surface area contributed by atoms with Gasteiger partial charge in [-0.1, -0.05) is 22.8 Å². The molecule has 0 spiro atoms. The summed E-state index contributed by atoms with van der Waals surface area (Å²) in [5, 5.41) is 13.8. The normalized spacial score (nSPS) is 14.5. The van der Waals surface area contributed by atoms with Crippen LogP contribution in [0.2, 0.25) is 5.02 Å². The van der Waals surface area contributed by atoms with E-state index in [0.717, 1.165) is 28.2 Å². The summed E-state index contributed by atoms with van der Waals surface area (Å²) < 4.78 is 85.8. The first-order chi connectivity index (χ1) is 18.3. The van der Waals surface area contributed by atoms with Crippen LogP contribution >= 0.6 is 22.9 Å². The number of pyridine rings is 1. The number of halogens is 7. The minimum Gasteiger partial charge on any atom is -0.505 e. The molecule has 0 unspecified atom stereocenters. The molecule has 0 aliphatic heterocycles. The number of benzene rings is 1. The van der Waals surface area contributed by atoms with E-state index >= 15 is 0 Å². The first kappa shape index (κ1) is 25.6. The van der Waals surface area contributed by atoms with Crippen LogP contribution in [-0.2, 0) is 18.9 Å². The van der Waals surface area contributed by atoms with Gasteiger partial charge in [0.15, 0.2) is 17.2 Å². The fourth-order valence-electron chi connectivity index (χ4n) is 4.36. The molecule has 1 aromatic carbocycles. The number of hydrogen-bond donors (Lipinski definition) is 1. The molecule has 7 nitrogen and oxygen atoms in total. The molecule has 5 aromatic rings. The summed E-state index contributed by atoms with van der Waals surface area (Å²) in [4.78, 5) is 22.1. The minimum absolute atomic E-state index is 0.0268. The quantitative estimate of drug-likeness (QED) is 0.228. The first-order valence-electron chi connectivity index (χ1n) is 11.3. The summed E-state index contributed by atoms with van der Waals surface area (Å²) in [5.41, 5.74) is -2.75. The van der Waals surface area contributed by atoms with Crippen LogP contribution in [-0.4, -0.2) is 24.8 Å². The SMILES string of the molecule is O=c1c2c(nc(-c3cnc(C(F)(F)F)cc3C3CC3)n1Cc1cc(C(F)(F)F)no1)sc1c(O)c(Cl)ccc12. The number of aromatic hydroxyl groups is 1. The Morgan fingerprint density at radius 3 is 2.46 bits per heavy atom. The van der Waals surface area contributed by atoms with E-state index in [-0.39, 0.29) is 54.3 Å². The number of hydrogen-bond acceptors (Lipinski definition) is 7. The van der Waals surface area contributed by atoms with Crippen molar-refractivity contribution in [3.8, 4) is 17.1 Å². The van der Waals surface area contributed by atoms with Crippen molar-refractivity contribution in [3.63, 3.8) is 0 Å². The maximum atomic E-state index is 13.9. The van der Waals surface area contributed by atoms with E-state index in [1.807, 2.05) is 0 Å². The molecule has 0 bridgehead atoms. The van der Waals surface area contributed by atoms with Gasteiger partial charge in [0.1, 0.15) is 16.3 Å². The van der Waals surface area contributed by atoms with Crippen LogP contribution in [0.3, 0.4) is 0 Å². The van der Waals surface area contributed by atoms with Gasteiger partial charge >= 0.3 is 12.4 Å². The Morgan fingerprint density at radius 2 is 1.82 bits per heavy atom. The molecule has 1 aliphatic rings. The first-order valence-corrected chi connectivity index (χ1v) is 12.5. The smallest absolute Gasteiger partial charge is 0.436 e. The number of phenolic OH excluding ortho intramolecular Hbond substituents is 1. The molecule has 0 radical (unpaired) electrons. The van der Waals surface area contributed by atoms with E-state index in [1.165, 1.54) is 12.1 Å². The average Bonchev–Trinajstić information content (AvgIpc) is 3.47. The van der Waals surface area contributed by atoms with Crippen molar-refractivity contribution >= 4 is 43.2 Å². The molecular formula is C24H13ClF6N4O3S. The van der Waals surface area contributed by atoms with Crippen LogP contribution in [0.4, 0.5) is 26.3 Å². The van der Waals surface area contributed by atoms with E-state index < -0.39 is 35.8 Å². The summed E-state index contributed by atoms with van der Waals surface area (Å²) in [7, 11) is 0. The molecule has 0 amide bonds. The molecule has 4 heterocycles. The van der Waals surface area contributed by atoms with Crippen molar-refractivity contribution in [1.29, 1.82) is 0 Å². The molecule has 4 aromatic heterocycles. The predicted molar refractivity (Wildman–Crippen MR) is 129 cm³/mol. The Bertz CT molecular complexity index is 1840. The van der Waals surface area contributed by atoms with Gasteiger partial charge in [-0.2, -0.15) is 26.3 Å². The van der Waals surface area contributed by atoms with Crippen LogP contribution < -0.4 is 5.56 Å². The number of nitrogens with zero attached hydrogens (tertiary/aromatic N) is 4. The zero-order valence-electron chi connectivity index (χ0n) is 19.2. The Morgan fingerprint density at radius 1 is 1.10 bits per heavy atom. The third-order valence-corrected chi connectivity index (χ3v) is 7.75. The van der Waals surface area contributed by atoms with E-state index in [0.29, 0.717) is 24.3 Å². The Hall–Kier alpha value is -3.65. The second kappa shape index (κ2) is 8.68. The molecule has 1 fully saturated rings. The molecule has 6 rings (SSSR count). The van der Waals surface area contributed by atoms with Gasteiger partial charge in [-0.25, -0.2) is 4.98 Å². The third-order valence-electron chi connectivity index (χ3n) is 6.33. The molecule has 0 saturated heterocycles. The van der Waals surface area contributed by atoms with Crippen molar-refractivity contribution in [1.82, 2.24) is 19.7 Å². The molecule has 1 saturated carbocycles. The highest BCUT2D eigenvalue weighted by Crippen LogP contribution is 2.46. The standard InChI is InChI=1S/C24H13ClF6N4O3S/c25-14-4-3-11-17-21(39-19(11)18(14)36)33-20(13-7-32-15(23(26,27)28)6-12(13)9-1-2-9)35(22(17)37)8-10-5-16(34-38-10)24(29,30)31/h3-7,9,36H,1-2,8H2. The van der Waals surface area contributed by atoms with Gasteiger partial charge in [-0.05, 0) is 36.5 Å². The Kier molecular flexibility index (Phi) is 5.70. The molecule has 1 N–H and O–H groups in total. The molecule has 15 heteroatoms. The van der Waals surface area contributed by atoms with Crippen LogP contribution in [0.5, 0.6) is 5.75 Å². The van der Waals surface area contributed by atoms with Crippen molar-refractivity contribution in [3.05, 3.63) is 68.6 Å². The second-order valence-electron chi connectivity index (χ2n) is 8.99. The summed E-state index contributed by atoms with van der Waals surface area (Å²) in [6.45, 7) is -0.553. The average molecular weight is 587 g/mol. The summed E-state index contributed by atoms with van der Waals surface area (Å²) in [6.07, 6.45) is -7.34. The highest BCUT2D eigenvalue weighted by atomic mass is 35.5. The van der Waals surface area contributed by atoms with Crippen LogP contribution in [0.1, 0.15) is 41.5 Å². The van der Waals surface area contributed by atoms with Gasteiger partial charge in [-0.3, -0.25) is 14.3 Å². The molecule has 1 aliphatic carbocycles. The number of rotatable bonds is 4. The molecule has 0 atom stereocenters. The maximum Gasteiger partial charge on any atom is 0.436 e. The van der Waals surface area contributed by atoms with E-state index in [1.54, 1.807) is 0 Å². The lowest BCUT2D eigenvalue weighted by Gasteiger charge is -2.16. The Labute approximate surface area is 222 Å². The van der Waals surface area contributed by atoms with Gasteiger partial charge in [0.2, 0.25) is 0 Å². The van der Waals surface area contributed by atoms with Crippen molar-refractivity contribution in [2.45, 2.75) is 37.7 Å². The van der Waals surface area contributed by atoms with E-state index in [2.05, 4.69) is 15.1 Å². The third kappa shape index (κ3) is 4.40. The number of alkyl halides is 6. The maximum absolute atomic E-state index is 13.9. The highest BCUT2D eigenvalue weighted by Gasteiger charge is 2.37. The van der Waals surface area contributed by atoms with Crippen molar-refractivity contribution in [2.24, 2.45) is 0 Å². The zero-order chi connectivity index (χ0) is 27.9. The lowest BCUT2D eigenvalue weighted by molar-refractivity contribution is -0.143. The predicted octanol–water partition coefficient (Wildman–Crippen LogP) is 6.98. The van der Waals surface area contributed by atoms with Gasteiger partial charge < -0.3 is 9.63 Å². The monoisotopic (exact) mass is 586 g/mol. The minimum atomic E-state index is -4.80. The molecular weight excluding hydrogens is 574 g/mol. The fourth-order valence-corrected chi connectivity index (χ4v) is 5.68. The topological polar surface area (TPSA) is 94.0 Å². The fraction of sp³-hybridized carbons (Fsp3) is 0.250. The highest BCUT2D eigenvalue weighted by molar-refractivity contribution is 7.25. The number of fused-ring (bicyclic) bond motifs is 3. The van der Waals surface area contributed by atoms with Gasteiger partial charge in [0.25, 0.3) is 5.56 Å². The van der Waals surface area contributed by atoms with Crippen LogP contribution in [0, 0.1) is 0 Å². The number of aromatic nitrogens is 4. The van der Waals surface area contributed by atoms with Crippen molar-refractivity contribution in [2.75, 3.05) is 0 Å². The molecule has 202 valence electrons. The second-order valence-corrected chi connectivity index (χ2v) is 10.4. The lowest BCUT2D eigenvalue weighted by atomic mass is 10.0. The number of thiophene rings is 1. The van der Waals surface area contributed by atoms with Gasteiger partial charge in [0, 0.05) is 23.2 Å². The summed E-state index contributed by atoms with van der Waals surface area (Å²) >= 11 is 6.96. The number of phenols is 1. The summed E-state index contributed by atoms with van der Waals surface area (Å²) in [6, 6.07) is 4.40. The Balaban J connectivity index is 1.63. The van der Waals surface area contributed by atoms with E-state index in [4.69, 9.17) is 16.1 Å². The van der Waals surface area contributed by atoms with Crippen LogP contribution in [0.15, 0.2) is 39.8 Å². The van der Waals surface area contributed by atoms with E-state index in [9.17, 15) is 36.2 Å². The lowest BCUT2D eigenvalue weighted by Crippen LogP contribution is -2.24. The zero-order valence-corrected chi connectivity index (χ0v) is 20.8. The van der Waals surface area contributed by atoms with Crippen molar-refractivity contribution < 1.29 is 36.0 Å². The largest absolute Gasteiger partial charge is 0.505 e. The van der Waals surface area contributed by atoms with Gasteiger partial charge in [-0.15, -0.1) is 11.3 Å². The van der Waals surface area contributed by atoms with Crippen LogP contribution in [0.25, 0.3) is 31.7 Å². The summed E-state index contributed by atoms with van der Waals surface area (Å²) in [5.74, 6) is -0.968.